The number of nitrogens with two attached hydrogens (primary N) is 1. The summed E-state index contributed by atoms with van der Waals surface area (Å²) in [5, 5.41) is 8.71. The molecule has 0 aromatic heterocycles. The molecule has 15 heavy (non-hydrogen) atoms. The van der Waals surface area contributed by atoms with Crippen LogP contribution in [0.1, 0.15) is 5.56 Å². The van der Waals surface area contributed by atoms with Gasteiger partial charge in [-0.15, -0.1) is 0 Å². The number of aliphatic carboxylic acids is 1. The van der Waals surface area contributed by atoms with Gasteiger partial charge in [0.05, 0.1) is 0 Å². The standard InChI is InChI=1S/C10H9NO4/c11-15-10(14)8(9(12)13)6-7-4-2-1-3-5-7/h1-6H,11H2,(H,12,13). The maximum Gasteiger partial charge on any atom is 0.364 e. The second-order valence-corrected chi connectivity index (χ2v) is 2.68. The van der Waals surface area contributed by atoms with Gasteiger partial charge in [-0.2, -0.15) is 5.90 Å². The van der Waals surface area contributed by atoms with Gasteiger partial charge in [-0.05, 0) is 11.6 Å². The third-order valence-corrected chi connectivity index (χ3v) is 1.67. The van der Waals surface area contributed by atoms with Gasteiger partial charge in [0, 0.05) is 0 Å². The van der Waals surface area contributed by atoms with Crippen LogP contribution in [-0.4, -0.2) is 17.0 Å². The van der Waals surface area contributed by atoms with Crippen LogP contribution in [0, 0.1) is 0 Å². The lowest BCUT2D eigenvalue weighted by atomic mass is 10.1. The molecule has 0 aliphatic carbocycles. The molecule has 0 amide bonds. The summed E-state index contributed by atoms with van der Waals surface area (Å²) in [6, 6.07) is 8.54. The molecule has 78 valence electrons. The zero-order valence-electron chi connectivity index (χ0n) is 7.71. The summed E-state index contributed by atoms with van der Waals surface area (Å²) in [6.45, 7) is 0. The molecule has 1 aromatic rings. The molecule has 0 heterocycles. The molecule has 0 aliphatic heterocycles. The van der Waals surface area contributed by atoms with Gasteiger partial charge in [-0.1, -0.05) is 30.3 Å². The summed E-state index contributed by atoms with van der Waals surface area (Å²) >= 11 is 0. The highest BCUT2D eigenvalue weighted by atomic mass is 16.7. The smallest absolute Gasteiger partial charge is 0.364 e. The van der Waals surface area contributed by atoms with Crippen LogP contribution in [0.3, 0.4) is 0 Å². The van der Waals surface area contributed by atoms with Gasteiger partial charge in [0.1, 0.15) is 5.57 Å². The molecule has 0 bridgehead atoms. The fourth-order valence-electron chi connectivity index (χ4n) is 0.987. The number of rotatable bonds is 3. The van der Waals surface area contributed by atoms with Crippen molar-refractivity contribution in [1.82, 2.24) is 0 Å². The van der Waals surface area contributed by atoms with Crippen molar-refractivity contribution in [2.24, 2.45) is 5.90 Å². The van der Waals surface area contributed by atoms with Crippen molar-refractivity contribution in [3.63, 3.8) is 0 Å². The van der Waals surface area contributed by atoms with Gasteiger partial charge < -0.3 is 9.94 Å². The minimum atomic E-state index is -1.38. The van der Waals surface area contributed by atoms with Gasteiger partial charge in [-0.3, -0.25) is 0 Å². The van der Waals surface area contributed by atoms with Crippen molar-refractivity contribution in [2.45, 2.75) is 0 Å². The van der Waals surface area contributed by atoms with E-state index in [2.05, 4.69) is 10.7 Å². The van der Waals surface area contributed by atoms with Crippen molar-refractivity contribution >= 4 is 18.0 Å². The van der Waals surface area contributed by atoms with Gasteiger partial charge in [0.15, 0.2) is 0 Å². The molecule has 3 N–H and O–H groups in total. The van der Waals surface area contributed by atoms with E-state index in [0.29, 0.717) is 5.56 Å². The molecule has 1 aromatic carbocycles. The molecule has 0 atom stereocenters. The summed E-state index contributed by atoms with van der Waals surface area (Å²) in [5.74, 6) is 2.15. The number of carbonyl (C=O) groups excluding carboxylic acids is 1. The predicted octanol–water partition coefficient (Wildman–Crippen LogP) is 0.572. The molecule has 1 rings (SSSR count). The second kappa shape index (κ2) is 4.92. The maximum absolute atomic E-state index is 11.0. The highest BCUT2D eigenvalue weighted by Gasteiger charge is 2.18. The van der Waals surface area contributed by atoms with Crippen LogP contribution in [0.2, 0.25) is 0 Å². The predicted molar refractivity (Wildman–Crippen MR) is 52.3 cm³/mol. The average molecular weight is 207 g/mol. The SMILES string of the molecule is NOC(=O)C(=Cc1ccccc1)C(=O)O. The summed E-state index contributed by atoms with van der Waals surface area (Å²) in [6.07, 6.45) is 1.19. The Hall–Kier alpha value is -2.14. The Morgan fingerprint density at radius 1 is 1.27 bits per heavy atom. The van der Waals surface area contributed by atoms with Crippen LogP contribution in [0.4, 0.5) is 0 Å². The molecule has 5 heteroatoms. The number of benzene rings is 1. The van der Waals surface area contributed by atoms with E-state index in [-0.39, 0.29) is 0 Å². The van der Waals surface area contributed by atoms with Crippen LogP contribution < -0.4 is 5.90 Å². The molecule has 0 saturated heterocycles. The van der Waals surface area contributed by atoms with E-state index in [1.807, 2.05) is 0 Å². The molecule has 0 aliphatic rings. The van der Waals surface area contributed by atoms with Crippen molar-refractivity contribution in [2.75, 3.05) is 0 Å². The molecule has 0 saturated carbocycles. The Balaban J connectivity index is 3.05. The van der Waals surface area contributed by atoms with Crippen LogP contribution >= 0.6 is 0 Å². The highest BCUT2D eigenvalue weighted by molar-refractivity contribution is 6.16. The molecule has 0 spiro atoms. The van der Waals surface area contributed by atoms with Crippen molar-refractivity contribution in [3.05, 3.63) is 41.5 Å². The lowest BCUT2D eigenvalue weighted by Crippen LogP contribution is -2.18. The van der Waals surface area contributed by atoms with Crippen LogP contribution in [-0.2, 0) is 14.4 Å². The van der Waals surface area contributed by atoms with E-state index in [1.165, 1.54) is 6.08 Å². The van der Waals surface area contributed by atoms with Crippen molar-refractivity contribution in [3.8, 4) is 0 Å². The Bertz CT molecular complexity index is 397. The zero-order valence-corrected chi connectivity index (χ0v) is 7.71. The normalized spacial score (nSPS) is 10.9. The fourth-order valence-corrected chi connectivity index (χ4v) is 0.987. The van der Waals surface area contributed by atoms with Gasteiger partial charge in [0.25, 0.3) is 0 Å². The summed E-state index contributed by atoms with van der Waals surface area (Å²) < 4.78 is 0. The average Bonchev–Trinajstić information content (AvgIpc) is 2.26. The number of carboxylic acids is 1. The van der Waals surface area contributed by atoms with E-state index in [9.17, 15) is 9.59 Å². The Labute approximate surface area is 85.7 Å². The summed E-state index contributed by atoms with van der Waals surface area (Å²) in [7, 11) is 0. The van der Waals surface area contributed by atoms with E-state index in [4.69, 9.17) is 5.11 Å². The van der Waals surface area contributed by atoms with Gasteiger partial charge in [0.2, 0.25) is 0 Å². The first-order chi connectivity index (χ1) is 7.15. The molecule has 0 unspecified atom stereocenters. The topological polar surface area (TPSA) is 89.6 Å². The Morgan fingerprint density at radius 3 is 2.33 bits per heavy atom. The summed E-state index contributed by atoms with van der Waals surface area (Å²) in [4.78, 5) is 25.5. The number of hydrogen-bond donors (Lipinski definition) is 2. The molecule has 0 fully saturated rings. The Kier molecular flexibility index (Phi) is 3.59. The highest BCUT2D eigenvalue weighted by Crippen LogP contribution is 2.07. The first-order valence-electron chi connectivity index (χ1n) is 4.06. The minimum absolute atomic E-state index is 0.510. The first kappa shape index (κ1) is 10.9. The van der Waals surface area contributed by atoms with E-state index in [1.54, 1.807) is 30.3 Å². The minimum Gasteiger partial charge on any atom is -0.477 e. The van der Waals surface area contributed by atoms with E-state index in [0.717, 1.165) is 0 Å². The fraction of sp³-hybridized carbons (Fsp3) is 0. The lowest BCUT2D eigenvalue weighted by molar-refractivity contribution is -0.144. The molecule has 5 nitrogen and oxygen atoms in total. The first-order valence-corrected chi connectivity index (χ1v) is 4.06. The third-order valence-electron chi connectivity index (χ3n) is 1.67. The lowest BCUT2D eigenvalue weighted by Gasteiger charge is -1.99. The molecular formula is C10H9NO4. The molecular weight excluding hydrogens is 198 g/mol. The van der Waals surface area contributed by atoms with E-state index < -0.39 is 17.5 Å². The summed E-state index contributed by atoms with van der Waals surface area (Å²) in [5.41, 5.74) is 0.0731. The largest absolute Gasteiger partial charge is 0.477 e. The van der Waals surface area contributed by atoms with Gasteiger partial charge in [-0.25, -0.2) is 9.59 Å². The van der Waals surface area contributed by atoms with E-state index >= 15 is 0 Å². The monoisotopic (exact) mass is 207 g/mol. The molecule has 0 radical (unpaired) electrons. The third kappa shape index (κ3) is 2.92. The van der Waals surface area contributed by atoms with Crippen molar-refractivity contribution in [1.29, 1.82) is 0 Å². The zero-order chi connectivity index (χ0) is 11.3. The number of carbonyl (C=O) groups is 2. The Morgan fingerprint density at radius 2 is 1.87 bits per heavy atom. The van der Waals surface area contributed by atoms with Crippen LogP contribution in [0.25, 0.3) is 6.08 Å². The van der Waals surface area contributed by atoms with Crippen LogP contribution in [0.15, 0.2) is 35.9 Å². The van der Waals surface area contributed by atoms with Crippen molar-refractivity contribution < 1.29 is 19.5 Å². The van der Waals surface area contributed by atoms with Gasteiger partial charge >= 0.3 is 11.9 Å². The number of hydrogen-bond acceptors (Lipinski definition) is 4. The quantitative estimate of drug-likeness (QED) is 0.327. The second-order valence-electron chi connectivity index (χ2n) is 2.68. The van der Waals surface area contributed by atoms with Crippen LogP contribution in [0.5, 0.6) is 0 Å². The maximum atomic E-state index is 11.0. The number of carboxylic acid groups (broad SMARTS) is 1.